The molecule has 1 atom stereocenters. The molecule has 2 aromatic rings. The smallest absolute Gasteiger partial charge is 0.195 e. The summed E-state index contributed by atoms with van der Waals surface area (Å²) in [6, 6.07) is 15.9. The largest absolute Gasteiger partial charge is 0.496 e. The Bertz CT molecular complexity index is 749. The molecule has 0 saturated carbocycles. The van der Waals surface area contributed by atoms with Gasteiger partial charge in [-0.3, -0.25) is 4.99 Å². The van der Waals surface area contributed by atoms with Crippen LogP contribution in [-0.4, -0.2) is 47.0 Å². The van der Waals surface area contributed by atoms with Crippen LogP contribution in [0.15, 0.2) is 53.5 Å². The first-order chi connectivity index (χ1) is 13.7. The number of anilines is 1. The number of rotatable bonds is 10. The van der Waals surface area contributed by atoms with Crippen molar-refractivity contribution in [3.63, 3.8) is 0 Å². The van der Waals surface area contributed by atoms with Crippen molar-refractivity contribution in [1.82, 2.24) is 5.32 Å². The number of methoxy groups -OCH3 is 2. The topological polar surface area (TPSA) is 64.1 Å². The number of nitrogens with one attached hydrogen (secondary N) is 2. The Kier molecular flexibility index (Phi) is 9.15. The molecule has 6 nitrogen and oxygen atoms in total. The average Bonchev–Trinajstić information content (AvgIpc) is 2.74. The van der Waals surface area contributed by atoms with Crippen LogP contribution in [0.4, 0.5) is 5.69 Å². The zero-order valence-electron chi connectivity index (χ0n) is 17.2. The lowest BCUT2D eigenvalue weighted by molar-refractivity contribution is 0.172. The van der Waals surface area contributed by atoms with Gasteiger partial charge in [-0.15, -0.1) is 0 Å². The Morgan fingerprint density at radius 3 is 2.64 bits per heavy atom. The number of para-hydroxylation sites is 1. The molecule has 2 rings (SSSR count). The van der Waals surface area contributed by atoms with Crippen LogP contribution in [0.2, 0.25) is 0 Å². The molecule has 0 aliphatic rings. The molecular formula is C22H31N3O3. The van der Waals surface area contributed by atoms with E-state index in [0.717, 1.165) is 30.2 Å². The van der Waals surface area contributed by atoms with Crippen molar-refractivity contribution in [2.75, 3.05) is 46.3 Å². The van der Waals surface area contributed by atoms with E-state index in [0.29, 0.717) is 19.2 Å². The van der Waals surface area contributed by atoms with E-state index < -0.39 is 0 Å². The molecule has 152 valence electrons. The van der Waals surface area contributed by atoms with Gasteiger partial charge in [-0.25, -0.2) is 0 Å². The third-order valence-corrected chi connectivity index (χ3v) is 4.33. The summed E-state index contributed by atoms with van der Waals surface area (Å²) in [6.45, 7) is 4.21. The second-order valence-electron chi connectivity index (χ2n) is 6.44. The third-order valence-electron chi connectivity index (χ3n) is 4.33. The lowest BCUT2D eigenvalue weighted by Crippen LogP contribution is -2.33. The van der Waals surface area contributed by atoms with Crippen LogP contribution in [-0.2, 0) is 4.74 Å². The third kappa shape index (κ3) is 6.78. The van der Waals surface area contributed by atoms with Crippen molar-refractivity contribution >= 4 is 11.6 Å². The molecule has 0 radical (unpaired) electrons. The highest BCUT2D eigenvalue weighted by Gasteiger charge is 2.11. The summed E-state index contributed by atoms with van der Waals surface area (Å²) < 4.78 is 16.3. The zero-order chi connectivity index (χ0) is 20.2. The van der Waals surface area contributed by atoms with Gasteiger partial charge in [0.25, 0.3) is 0 Å². The highest BCUT2D eigenvalue weighted by atomic mass is 16.5. The van der Waals surface area contributed by atoms with Gasteiger partial charge in [0, 0.05) is 51.4 Å². The van der Waals surface area contributed by atoms with Crippen LogP contribution >= 0.6 is 0 Å². The Balaban J connectivity index is 1.90. The van der Waals surface area contributed by atoms with Crippen LogP contribution in [0, 0.1) is 0 Å². The minimum absolute atomic E-state index is 0.269. The summed E-state index contributed by atoms with van der Waals surface area (Å²) in [7, 11) is 5.15. The molecule has 0 aromatic heterocycles. The Morgan fingerprint density at radius 1 is 1.07 bits per heavy atom. The van der Waals surface area contributed by atoms with Crippen LogP contribution in [0.1, 0.15) is 24.8 Å². The van der Waals surface area contributed by atoms with Crippen LogP contribution < -0.4 is 20.1 Å². The molecule has 28 heavy (non-hydrogen) atoms. The molecule has 6 heteroatoms. The molecule has 0 fully saturated rings. The number of ether oxygens (including phenoxy) is 3. The SMILES string of the molecule is CN=C(NCC(C)c1ccccc1OC)Nc1cccc(OCCCOC)c1. The predicted molar refractivity (Wildman–Crippen MR) is 115 cm³/mol. The molecule has 0 spiro atoms. The monoisotopic (exact) mass is 385 g/mol. The van der Waals surface area contributed by atoms with Gasteiger partial charge < -0.3 is 24.8 Å². The fourth-order valence-electron chi connectivity index (χ4n) is 2.81. The number of benzene rings is 2. The van der Waals surface area contributed by atoms with Crippen molar-refractivity contribution in [1.29, 1.82) is 0 Å². The van der Waals surface area contributed by atoms with Crippen molar-refractivity contribution in [2.24, 2.45) is 4.99 Å². The van der Waals surface area contributed by atoms with Crippen molar-refractivity contribution < 1.29 is 14.2 Å². The minimum Gasteiger partial charge on any atom is -0.496 e. The first-order valence-electron chi connectivity index (χ1n) is 9.50. The van der Waals surface area contributed by atoms with E-state index >= 15 is 0 Å². The number of nitrogens with zero attached hydrogens (tertiary/aromatic N) is 1. The fraction of sp³-hybridized carbons (Fsp3) is 0.409. The van der Waals surface area contributed by atoms with Gasteiger partial charge in [-0.2, -0.15) is 0 Å². The van der Waals surface area contributed by atoms with Gasteiger partial charge >= 0.3 is 0 Å². The van der Waals surface area contributed by atoms with E-state index in [2.05, 4.69) is 28.6 Å². The first kappa shape index (κ1) is 21.6. The van der Waals surface area contributed by atoms with Gasteiger partial charge in [0.2, 0.25) is 0 Å². The van der Waals surface area contributed by atoms with Crippen LogP contribution in [0.25, 0.3) is 0 Å². The summed E-state index contributed by atoms with van der Waals surface area (Å²) in [5.41, 5.74) is 2.08. The quantitative estimate of drug-likeness (QED) is 0.369. The lowest BCUT2D eigenvalue weighted by atomic mass is 10.0. The maximum absolute atomic E-state index is 5.75. The van der Waals surface area contributed by atoms with Gasteiger partial charge in [0.15, 0.2) is 5.96 Å². The van der Waals surface area contributed by atoms with Crippen molar-refractivity contribution in [3.05, 3.63) is 54.1 Å². The number of guanidine groups is 1. The Labute approximate surface area is 167 Å². The van der Waals surface area contributed by atoms with Crippen LogP contribution in [0.5, 0.6) is 11.5 Å². The second-order valence-corrected chi connectivity index (χ2v) is 6.44. The van der Waals surface area contributed by atoms with E-state index in [-0.39, 0.29) is 5.92 Å². The van der Waals surface area contributed by atoms with E-state index in [1.54, 1.807) is 21.3 Å². The molecule has 2 aromatic carbocycles. The number of hydrogen-bond donors (Lipinski definition) is 2. The molecule has 0 aliphatic heterocycles. The van der Waals surface area contributed by atoms with Gasteiger partial charge in [0.05, 0.1) is 13.7 Å². The molecule has 0 saturated heterocycles. The molecule has 0 heterocycles. The minimum atomic E-state index is 0.269. The normalized spacial score (nSPS) is 12.4. The van der Waals surface area contributed by atoms with Crippen molar-refractivity contribution in [3.8, 4) is 11.5 Å². The summed E-state index contributed by atoms with van der Waals surface area (Å²) >= 11 is 0. The van der Waals surface area contributed by atoms with E-state index in [4.69, 9.17) is 14.2 Å². The fourth-order valence-corrected chi connectivity index (χ4v) is 2.81. The Hall–Kier alpha value is -2.73. The van der Waals surface area contributed by atoms with Crippen LogP contribution in [0.3, 0.4) is 0 Å². The predicted octanol–water partition coefficient (Wildman–Crippen LogP) is 3.90. The van der Waals surface area contributed by atoms with Gasteiger partial charge in [-0.1, -0.05) is 31.2 Å². The average molecular weight is 386 g/mol. The first-order valence-corrected chi connectivity index (χ1v) is 9.50. The maximum atomic E-state index is 5.75. The molecule has 2 N–H and O–H groups in total. The van der Waals surface area contributed by atoms with Gasteiger partial charge in [-0.05, 0) is 23.8 Å². The summed E-state index contributed by atoms with van der Waals surface area (Å²) in [4.78, 5) is 4.31. The second kappa shape index (κ2) is 11.9. The molecular weight excluding hydrogens is 354 g/mol. The summed E-state index contributed by atoms with van der Waals surface area (Å²) in [6.07, 6.45) is 0.859. The van der Waals surface area contributed by atoms with E-state index in [1.807, 2.05) is 42.5 Å². The Morgan fingerprint density at radius 2 is 1.89 bits per heavy atom. The van der Waals surface area contributed by atoms with E-state index in [9.17, 15) is 0 Å². The number of aliphatic imine (C=N–C) groups is 1. The highest BCUT2D eigenvalue weighted by molar-refractivity contribution is 5.93. The summed E-state index contributed by atoms with van der Waals surface area (Å²) in [5.74, 6) is 2.69. The molecule has 0 amide bonds. The lowest BCUT2D eigenvalue weighted by Gasteiger charge is -2.18. The molecule has 0 aliphatic carbocycles. The molecule has 0 bridgehead atoms. The maximum Gasteiger partial charge on any atom is 0.195 e. The summed E-state index contributed by atoms with van der Waals surface area (Å²) in [5, 5.41) is 6.68. The zero-order valence-corrected chi connectivity index (χ0v) is 17.2. The van der Waals surface area contributed by atoms with Crippen molar-refractivity contribution in [2.45, 2.75) is 19.3 Å². The molecule has 1 unspecified atom stereocenters. The number of hydrogen-bond acceptors (Lipinski definition) is 4. The standard InChI is InChI=1S/C22H31N3O3/c1-17(20-11-5-6-12-21(20)27-4)16-24-22(23-2)25-18-9-7-10-19(15-18)28-14-8-13-26-3/h5-7,9-12,15,17H,8,13-14,16H2,1-4H3,(H2,23,24,25). The highest BCUT2D eigenvalue weighted by Crippen LogP contribution is 2.25. The van der Waals surface area contributed by atoms with E-state index in [1.165, 1.54) is 5.56 Å². The van der Waals surface area contributed by atoms with Gasteiger partial charge in [0.1, 0.15) is 11.5 Å².